The van der Waals surface area contributed by atoms with Crippen molar-refractivity contribution in [2.75, 3.05) is 19.7 Å². The fourth-order valence-electron chi connectivity index (χ4n) is 3.75. The molecule has 9 nitrogen and oxygen atoms in total. The first-order valence-corrected chi connectivity index (χ1v) is 10.9. The summed E-state index contributed by atoms with van der Waals surface area (Å²) in [6.45, 7) is 0.872. The van der Waals surface area contributed by atoms with Crippen LogP contribution in [-0.4, -0.2) is 58.3 Å². The van der Waals surface area contributed by atoms with Gasteiger partial charge < -0.3 is 19.6 Å². The van der Waals surface area contributed by atoms with Crippen LogP contribution < -0.4 is 10.1 Å². The van der Waals surface area contributed by atoms with Gasteiger partial charge in [-0.25, -0.2) is 4.99 Å². The standard InChI is InChI=1S/C23H23ClN4O5/c24-16-8-6-15(7-9-16)11-27(14-22(31)32)21(30)5-2-10-33-19-4-1-3-18-17(19)12-28-13-20(29)26-23(28)25-18/h1,3-4,6-9H,2,5,10-14H2,(H,31,32)(H,25,26,29). The lowest BCUT2D eigenvalue weighted by Gasteiger charge is -2.24. The number of guanidine groups is 1. The Morgan fingerprint density at radius 3 is 2.73 bits per heavy atom. The van der Waals surface area contributed by atoms with Crippen LogP contribution in [0.25, 0.3) is 0 Å². The molecule has 172 valence electrons. The summed E-state index contributed by atoms with van der Waals surface area (Å²) < 4.78 is 5.92. The zero-order chi connectivity index (χ0) is 23.4. The molecule has 0 radical (unpaired) electrons. The van der Waals surface area contributed by atoms with Gasteiger partial charge in [-0.1, -0.05) is 29.8 Å². The van der Waals surface area contributed by atoms with Gasteiger partial charge in [0.2, 0.25) is 17.8 Å². The lowest BCUT2D eigenvalue weighted by Crippen LogP contribution is -2.35. The summed E-state index contributed by atoms with van der Waals surface area (Å²) in [7, 11) is 0. The number of nitrogens with one attached hydrogen (secondary N) is 1. The molecule has 2 heterocycles. The molecule has 2 aliphatic heterocycles. The minimum atomic E-state index is -1.07. The van der Waals surface area contributed by atoms with Gasteiger partial charge in [-0.05, 0) is 36.2 Å². The number of rotatable bonds is 9. The van der Waals surface area contributed by atoms with Crippen molar-refractivity contribution in [3.63, 3.8) is 0 Å². The molecular weight excluding hydrogens is 448 g/mol. The monoisotopic (exact) mass is 470 g/mol. The van der Waals surface area contributed by atoms with Gasteiger partial charge in [0.15, 0.2) is 0 Å². The first kappa shape index (κ1) is 22.6. The fourth-order valence-corrected chi connectivity index (χ4v) is 3.87. The van der Waals surface area contributed by atoms with Gasteiger partial charge >= 0.3 is 5.97 Å². The number of halogens is 1. The quantitative estimate of drug-likeness (QED) is 0.545. The van der Waals surface area contributed by atoms with Gasteiger partial charge in [0.25, 0.3) is 0 Å². The summed E-state index contributed by atoms with van der Waals surface area (Å²) in [6, 6.07) is 12.5. The molecule has 0 aliphatic carbocycles. The second-order valence-corrected chi connectivity index (χ2v) is 8.25. The number of ether oxygens (including phenoxy) is 1. The number of carboxylic acid groups (broad SMARTS) is 1. The fraction of sp³-hybridized carbons (Fsp3) is 0.304. The van der Waals surface area contributed by atoms with E-state index in [0.29, 0.717) is 29.7 Å². The zero-order valence-electron chi connectivity index (χ0n) is 17.8. The largest absolute Gasteiger partial charge is 0.493 e. The molecule has 0 saturated carbocycles. The van der Waals surface area contributed by atoms with Crippen molar-refractivity contribution < 1.29 is 24.2 Å². The Balaban J connectivity index is 1.32. The molecule has 10 heteroatoms. The van der Waals surface area contributed by atoms with Crippen LogP contribution in [0.2, 0.25) is 5.02 Å². The van der Waals surface area contributed by atoms with Crippen molar-refractivity contribution in [3.05, 3.63) is 58.6 Å². The number of hydrogen-bond acceptors (Lipinski definition) is 6. The van der Waals surface area contributed by atoms with E-state index in [9.17, 15) is 19.5 Å². The number of aliphatic imine (C=N–C) groups is 1. The number of fused-ring (bicyclic) bond motifs is 2. The van der Waals surface area contributed by atoms with E-state index in [1.807, 2.05) is 23.1 Å². The van der Waals surface area contributed by atoms with Crippen molar-refractivity contribution >= 4 is 41.0 Å². The average Bonchev–Trinajstić information content (AvgIpc) is 3.14. The number of carbonyl (C=O) groups is 3. The molecule has 0 atom stereocenters. The number of carbonyl (C=O) groups excluding carboxylic acids is 2. The highest BCUT2D eigenvalue weighted by Crippen LogP contribution is 2.34. The van der Waals surface area contributed by atoms with Crippen LogP contribution in [0.5, 0.6) is 5.75 Å². The molecule has 0 unspecified atom stereocenters. The summed E-state index contributed by atoms with van der Waals surface area (Å²) in [5.74, 6) is -0.214. The van der Waals surface area contributed by atoms with Crippen LogP contribution in [-0.2, 0) is 27.5 Å². The third kappa shape index (κ3) is 5.61. The Labute approximate surface area is 195 Å². The van der Waals surface area contributed by atoms with E-state index in [2.05, 4.69) is 10.3 Å². The lowest BCUT2D eigenvalue weighted by molar-refractivity contribution is -0.145. The van der Waals surface area contributed by atoms with Crippen molar-refractivity contribution in [2.24, 2.45) is 4.99 Å². The lowest BCUT2D eigenvalue weighted by atomic mass is 10.1. The molecule has 1 saturated heterocycles. The predicted octanol–water partition coefficient (Wildman–Crippen LogP) is 2.55. The molecule has 2 aromatic carbocycles. The van der Waals surface area contributed by atoms with Crippen molar-refractivity contribution in [3.8, 4) is 5.75 Å². The van der Waals surface area contributed by atoms with Crippen molar-refractivity contribution in [2.45, 2.75) is 25.9 Å². The maximum Gasteiger partial charge on any atom is 0.323 e. The smallest absolute Gasteiger partial charge is 0.323 e. The number of amides is 2. The van der Waals surface area contributed by atoms with E-state index < -0.39 is 5.97 Å². The number of nitrogens with zero attached hydrogens (tertiary/aromatic N) is 3. The Kier molecular flexibility index (Phi) is 6.79. The molecule has 2 aromatic rings. The maximum absolute atomic E-state index is 12.7. The highest BCUT2D eigenvalue weighted by molar-refractivity contribution is 6.30. The van der Waals surface area contributed by atoms with E-state index in [1.165, 1.54) is 4.90 Å². The normalized spacial score (nSPS) is 14.2. The zero-order valence-corrected chi connectivity index (χ0v) is 18.5. The highest BCUT2D eigenvalue weighted by Gasteiger charge is 2.30. The van der Waals surface area contributed by atoms with Crippen LogP contribution >= 0.6 is 11.6 Å². The molecule has 0 aromatic heterocycles. The summed E-state index contributed by atoms with van der Waals surface area (Å²) in [5, 5.41) is 12.5. The molecule has 2 amide bonds. The first-order chi connectivity index (χ1) is 15.9. The van der Waals surface area contributed by atoms with Crippen LogP contribution in [0.4, 0.5) is 5.69 Å². The minimum Gasteiger partial charge on any atom is -0.493 e. The molecule has 1 fully saturated rings. The third-order valence-corrected chi connectivity index (χ3v) is 5.58. The van der Waals surface area contributed by atoms with Gasteiger partial charge in [-0.3, -0.25) is 19.7 Å². The molecule has 0 bridgehead atoms. The van der Waals surface area contributed by atoms with Gasteiger partial charge in [0.1, 0.15) is 18.8 Å². The Morgan fingerprint density at radius 1 is 1.18 bits per heavy atom. The van der Waals surface area contributed by atoms with E-state index in [1.54, 1.807) is 24.3 Å². The Morgan fingerprint density at radius 2 is 1.97 bits per heavy atom. The van der Waals surface area contributed by atoms with E-state index in [0.717, 1.165) is 16.8 Å². The Bertz CT molecular complexity index is 1100. The van der Waals surface area contributed by atoms with Crippen molar-refractivity contribution in [1.82, 2.24) is 15.1 Å². The Hall–Kier alpha value is -3.59. The summed E-state index contributed by atoms with van der Waals surface area (Å²) in [6.07, 6.45) is 0.584. The van der Waals surface area contributed by atoms with Crippen LogP contribution in [0, 0.1) is 0 Å². The topological polar surface area (TPSA) is 112 Å². The summed E-state index contributed by atoms with van der Waals surface area (Å²) in [5.41, 5.74) is 2.43. The molecule has 33 heavy (non-hydrogen) atoms. The molecule has 4 rings (SSSR count). The van der Waals surface area contributed by atoms with Gasteiger partial charge in [-0.15, -0.1) is 0 Å². The van der Waals surface area contributed by atoms with Crippen LogP contribution in [0.1, 0.15) is 24.0 Å². The number of hydrogen-bond donors (Lipinski definition) is 2. The number of benzene rings is 2. The number of carboxylic acids is 1. The highest BCUT2D eigenvalue weighted by atomic mass is 35.5. The molecule has 2 N–H and O–H groups in total. The van der Waals surface area contributed by atoms with E-state index in [-0.39, 0.29) is 44.5 Å². The second-order valence-electron chi connectivity index (χ2n) is 7.82. The minimum absolute atomic E-state index is 0.0907. The van der Waals surface area contributed by atoms with Gasteiger partial charge in [-0.2, -0.15) is 0 Å². The van der Waals surface area contributed by atoms with Crippen LogP contribution in [0.3, 0.4) is 0 Å². The second kappa shape index (κ2) is 9.91. The average molecular weight is 471 g/mol. The summed E-state index contributed by atoms with van der Waals surface area (Å²) in [4.78, 5) is 43.2. The van der Waals surface area contributed by atoms with Gasteiger partial charge in [0.05, 0.1) is 18.8 Å². The van der Waals surface area contributed by atoms with Crippen LogP contribution in [0.15, 0.2) is 47.5 Å². The number of aliphatic carboxylic acids is 1. The molecular formula is C23H23ClN4O5. The predicted molar refractivity (Wildman–Crippen MR) is 121 cm³/mol. The molecule has 0 spiro atoms. The molecule has 2 aliphatic rings. The van der Waals surface area contributed by atoms with Crippen molar-refractivity contribution in [1.29, 1.82) is 0 Å². The first-order valence-electron chi connectivity index (χ1n) is 10.5. The van der Waals surface area contributed by atoms with E-state index >= 15 is 0 Å². The van der Waals surface area contributed by atoms with E-state index in [4.69, 9.17) is 16.3 Å². The maximum atomic E-state index is 12.7. The third-order valence-electron chi connectivity index (χ3n) is 5.33. The van der Waals surface area contributed by atoms with Gasteiger partial charge in [0, 0.05) is 23.6 Å². The SMILES string of the molecule is O=C(O)CN(Cc1ccc(Cl)cc1)C(=O)CCCOc1cccc2c1CN1CC(=O)NC1=N2. The summed E-state index contributed by atoms with van der Waals surface area (Å²) >= 11 is 5.89.